The Bertz CT molecular complexity index is 306. The van der Waals surface area contributed by atoms with Crippen molar-refractivity contribution in [3.05, 3.63) is 28.5 Å². The van der Waals surface area contributed by atoms with Crippen LogP contribution in [0.4, 0.5) is 0 Å². The molecule has 82 valence electrons. The van der Waals surface area contributed by atoms with Crippen molar-refractivity contribution < 1.29 is 0 Å². The maximum absolute atomic E-state index is 4.44. The minimum absolute atomic E-state index is 0.415. The smallest absolute Gasteiger partial charge is 0.0573 e. The average Bonchev–Trinajstić information content (AvgIpc) is 3.05. The fraction of sp³-hybridized carbons (Fsp3) is 0.583. The zero-order valence-electron chi connectivity index (χ0n) is 9.04. The number of hydrogen-bond acceptors (Lipinski definition) is 2. The van der Waals surface area contributed by atoms with Crippen LogP contribution in [0.3, 0.4) is 0 Å². The minimum Gasteiger partial charge on any atom is -0.312 e. The molecule has 0 saturated heterocycles. The van der Waals surface area contributed by atoms with Crippen molar-refractivity contribution in [3.63, 3.8) is 0 Å². The molecule has 0 aliphatic heterocycles. The number of hydrogen-bond donors (Lipinski definition) is 1. The quantitative estimate of drug-likeness (QED) is 0.887. The van der Waals surface area contributed by atoms with Crippen LogP contribution in [0.25, 0.3) is 0 Å². The molecule has 1 heterocycles. The van der Waals surface area contributed by atoms with Crippen LogP contribution < -0.4 is 5.32 Å². The summed E-state index contributed by atoms with van der Waals surface area (Å²) in [6.45, 7) is 0. The van der Waals surface area contributed by atoms with Crippen molar-refractivity contribution in [2.45, 2.75) is 31.7 Å². The number of rotatable bonds is 5. The Morgan fingerprint density at radius 1 is 1.53 bits per heavy atom. The van der Waals surface area contributed by atoms with Crippen molar-refractivity contribution in [2.75, 3.05) is 7.05 Å². The predicted octanol–water partition coefficient (Wildman–Crippen LogP) is 3.29. The molecule has 1 aliphatic carbocycles. The Kier molecular flexibility index (Phi) is 3.76. The van der Waals surface area contributed by atoms with E-state index < -0.39 is 0 Å². The molecule has 2 nitrogen and oxygen atoms in total. The highest BCUT2D eigenvalue weighted by Crippen LogP contribution is 2.35. The lowest BCUT2D eigenvalue weighted by molar-refractivity contribution is 0.496. The van der Waals surface area contributed by atoms with Crippen molar-refractivity contribution in [2.24, 2.45) is 5.92 Å². The third-order valence-electron chi connectivity index (χ3n) is 3.02. The maximum atomic E-state index is 4.44. The summed E-state index contributed by atoms with van der Waals surface area (Å²) in [5.41, 5.74) is 1.15. The van der Waals surface area contributed by atoms with Gasteiger partial charge in [-0.3, -0.25) is 4.98 Å². The molecule has 1 aromatic rings. The van der Waals surface area contributed by atoms with E-state index in [1.165, 1.54) is 25.7 Å². The molecule has 1 aliphatic rings. The summed E-state index contributed by atoms with van der Waals surface area (Å²) in [5.74, 6) is 0.997. The van der Waals surface area contributed by atoms with Gasteiger partial charge in [0.25, 0.3) is 0 Å². The second-order valence-electron chi connectivity index (χ2n) is 4.26. The first-order valence-electron chi connectivity index (χ1n) is 5.58. The molecule has 0 amide bonds. The lowest BCUT2D eigenvalue weighted by Gasteiger charge is -2.15. The zero-order chi connectivity index (χ0) is 10.7. The van der Waals surface area contributed by atoms with Gasteiger partial charge in [-0.1, -0.05) is 12.8 Å². The van der Waals surface area contributed by atoms with Gasteiger partial charge in [0, 0.05) is 16.7 Å². The van der Waals surface area contributed by atoms with E-state index in [-0.39, 0.29) is 0 Å². The second-order valence-corrected chi connectivity index (χ2v) is 5.18. The fourth-order valence-electron chi connectivity index (χ4n) is 1.84. The van der Waals surface area contributed by atoms with Gasteiger partial charge < -0.3 is 5.32 Å². The van der Waals surface area contributed by atoms with Crippen LogP contribution in [-0.2, 0) is 0 Å². The molecule has 0 aromatic carbocycles. The van der Waals surface area contributed by atoms with E-state index in [4.69, 9.17) is 0 Å². The van der Waals surface area contributed by atoms with Crippen molar-refractivity contribution in [1.82, 2.24) is 10.3 Å². The first-order chi connectivity index (χ1) is 7.29. The van der Waals surface area contributed by atoms with Crippen LogP contribution in [-0.4, -0.2) is 12.0 Å². The molecule has 1 aromatic heterocycles. The third-order valence-corrected chi connectivity index (χ3v) is 3.49. The van der Waals surface area contributed by atoms with E-state index in [0.29, 0.717) is 6.04 Å². The Morgan fingerprint density at radius 3 is 2.87 bits per heavy atom. The van der Waals surface area contributed by atoms with Gasteiger partial charge in [-0.2, -0.15) is 0 Å². The normalized spacial score (nSPS) is 17.7. The van der Waals surface area contributed by atoms with Gasteiger partial charge >= 0.3 is 0 Å². The summed E-state index contributed by atoms with van der Waals surface area (Å²) >= 11 is 3.41. The van der Waals surface area contributed by atoms with Crippen LogP contribution in [0.5, 0.6) is 0 Å². The Labute approximate surface area is 99.6 Å². The highest BCUT2D eigenvalue weighted by atomic mass is 79.9. The molecule has 1 atom stereocenters. The topological polar surface area (TPSA) is 24.9 Å². The standard InChI is InChI=1S/C12H17BrN2/c1-14-11(6-4-9-2-3-9)12-7-5-10(13)8-15-12/h5,7-9,11,14H,2-4,6H2,1H3. The number of halogens is 1. The Hall–Kier alpha value is -0.410. The van der Waals surface area contributed by atoms with E-state index in [9.17, 15) is 0 Å². The molecule has 2 rings (SSSR count). The first-order valence-corrected chi connectivity index (χ1v) is 6.37. The molecule has 0 bridgehead atoms. The number of nitrogens with one attached hydrogen (secondary N) is 1. The average molecular weight is 269 g/mol. The largest absolute Gasteiger partial charge is 0.312 e. The van der Waals surface area contributed by atoms with E-state index in [2.05, 4.69) is 38.4 Å². The monoisotopic (exact) mass is 268 g/mol. The van der Waals surface area contributed by atoms with Crippen molar-refractivity contribution >= 4 is 15.9 Å². The molecule has 0 radical (unpaired) electrons. The Balaban J connectivity index is 1.94. The van der Waals surface area contributed by atoms with Crippen molar-refractivity contribution in [1.29, 1.82) is 0 Å². The molecule has 1 N–H and O–H groups in total. The third kappa shape index (κ3) is 3.28. The minimum atomic E-state index is 0.415. The molecule has 1 unspecified atom stereocenters. The number of aromatic nitrogens is 1. The van der Waals surface area contributed by atoms with Crippen LogP contribution in [0, 0.1) is 5.92 Å². The fourth-order valence-corrected chi connectivity index (χ4v) is 2.08. The van der Waals surface area contributed by atoms with Gasteiger partial charge in [0.15, 0.2) is 0 Å². The molecular formula is C12H17BrN2. The molecule has 3 heteroatoms. The van der Waals surface area contributed by atoms with Gasteiger partial charge in [0.1, 0.15) is 0 Å². The first kappa shape index (κ1) is 11.1. The summed E-state index contributed by atoms with van der Waals surface area (Å²) in [4.78, 5) is 4.44. The number of pyridine rings is 1. The van der Waals surface area contributed by atoms with Gasteiger partial charge in [0.2, 0.25) is 0 Å². The Morgan fingerprint density at radius 2 is 2.33 bits per heavy atom. The lowest BCUT2D eigenvalue weighted by Crippen LogP contribution is -2.17. The van der Waals surface area contributed by atoms with E-state index in [0.717, 1.165) is 16.1 Å². The van der Waals surface area contributed by atoms with Crippen LogP contribution in [0.15, 0.2) is 22.8 Å². The summed E-state index contributed by atoms with van der Waals surface area (Å²) < 4.78 is 1.04. The van der Waals surface area contributed by atoms with E-state index >= 15 is 0 Å². The second kappa shape index (κ2) is 5.08. The van der Waals surface area contributed by atoms with Gasteiger partial charge in [0.05, 0.1) is 5.69 Å². The summed E-state index contributed by atoms with van der Waals surface area (Å²) in [6, 6.07) is 4.57. The highest BCUT2D eigenvalue weighted by Gasteiger charge is 2.22. The SMILES string of the molecule is CNC(CCC1CC1)c1ccc(Br)cn1. The molecule has 0 spiro atoms. The van der Waals surface area contributed by atoms with Crippen LogP contribution >= 0.6 is 15.9 Å². The molecular weight excluding hydrogens is 252 g/mol. The summed E-state index contributed by atoms with van der Waals surface area (Å²) in [6.07, 6.45) is 7.28. The van der Waals surface area contributed by atoms with E-state index in [1.54, 1.807) is 0 Å². The van der Waals surface area contributed by atoms with Gasteiger partial charge in [-0.15, -0.1) is 0 Å². The molecule has 1 saturated carbocycles. The van der Waals surface area contributed by atoms with Crippen molar-refractivity contribution in [3.8, 4) is 0 Å². The van der Waals surface area contributed by atoms with Crippen LogP contribution in [0.2, 0.25) is 0 Å². The van der Waals surface area contributed by atoms with Gasteiger partial charge in [-0.25, -0.2) is 0 Å². The maximum Gasteiger partial charge on any atom is 0.0573 e. The lowest BCUT2D eigenvalue weighted by atomic mass is 10.1. The summed E-state index contributed by atoms with van der Waals surface area (Å²) in [5, 5.41) is 3.34. The highest BCUT2D eigenvalue weighted by molar-refractivity contribution is 9.10. The molecule has 1 fully saturated rings. The molecule has 15 heavy (non-hydrogen) atoms. The van der Waals surface area contributed by atoms with Crippen LogP contribution in [0.1, 0.15) is 37.4 Å². The van der Waals surface area contributed by atoms with Gasteiger partial charge in [-0.05, 0) is 53.9 Å². The number of nitrogens with zero attached hydrogens (tertiary/aromatic N) is 1. The zero-order valence-corrected chi connectivity index (χ0v) is 10.6. The predicted molar refractivity (Wildman–Crippen MR) is 65.7 cm³/mol. The summed E-state index contributed by atoms with van der Waals surface area (Å²) in [7, 11) is 2.02. The van der Waals surface area contributed by atoms with E-state index in [1.807, 2.05) is 13.2 Å².